The lowest BCUT2D eigenvalue weighted by Crippen LogP contribution is -2.46. The number of rotatable bonds is 2. The van der Waals surface area contributed by atoms with Gasteiger partial charge in [-0.2, -0.15) is 0 Å². The molecule has 1 unspecified atom stereocenters. The fourth-order valence-electron chi connectivity index (χ4n) is 1.75. The van der Waals surface area contributed by atoms with Gasteiger partial charge in [-0.1, -0.05) is 0 Å². The van der Waals surface area contributed by atoms with Crippen LogP contribution >= 0.6 is 11.3 Å². The van der Waals surface area contributed by atoms with E-state index in [1.807, 2.05) is 6.92 Å². The van der Waals surface area contributed by atoms with Gasteiger partial charge in [-0.3, -0.25) is 5.32 Å². The molecular formula is C11H14N2O4S. The van der Waals surface area contributed by atoms with E-state index in [0.29, 0.717) is 24.7 Å². The Bertz CT molecular complexity index is 460. The summed E-state index contributed by atoms with van der Waals surface area (Å²) in [6.45, 7) is 3.43. The number of nitrogens with zero attached hydrogens (tertiary/aromatic N) is 1. The van der Waals surface area contributed by atoms with Crippen molar-refractivity contribution in [2.24, 2.45) is 0 Å². The van der Waals surface area contributed by atoms with Gasteiger partial charge < -0.3 is 14.7 Å². The van der Waals surface area contributed by atoms with Crippen molar-refractivity contribution in [3.05, 3.63) is 17.0 Å². The minimum absolute atomic E-state index is 0.00628. The average Bonchev–Trinajstić information content (AvgIpc) is 2.77. The Morgan fingerprint density at radius 2 is 2.39 bits per heavy atom. The summed E-state index contributed by atoms with van der Waals surface area (Å²) in [5, 5.41) is 13.6. The van der Waals surface area contributed by atoms with Crippen molar-refractivity contribution < 1.29 is 19.4 Å². The first-order chi connectivity index (χ1) is 8.58. The highest BCUT2D eigenvalue weighted by atomic mass is 32.1. The summed E-state index contributed by atoms with van der Waals surface area (Å²) in [6, 6.07) is 1.19. The number of carbonyl (C=O) groups excluding carboxylic acids is 1. The van der Waals surface area contributed by atoms with E-state index in [1.165, 1.54) is 17.4 Å². The summed E-state index contributed by atoms with van der Waals surface area (Å²) < 4.78 is 5.34. The van der Waals surface area contributed by atoms with Gasteiger partial charge >= 0.3 is 12.0 Å². The predicted molar refractivity (Wildman–Crippen MR) is 67.3 cm³/mol. The summed E-state index contributed by atoms with van der Waals surface area (Å²) in [6.07, 6.45) is 0.00628. The van der Waals surface area contributed by atoms with E-state index >= 15 is 0 Å². The quantitative estimate of drug-likeness (QED) is 0.857. The molecule has 0 radical (unpaired) electrons. The number of nitrogens with one attached hydrogen (secondary N) is 1. The van der Waals surface area contributed by atoms with Gasteiger partial charge in [0.2, 0.25) is 0 Å². The normalized spacial score (nSPS) is 19.6. The third kappa shape index (κ3) is 2.80. The smallest absolute Gasteiger partial charge is 0.338 e. The Morgan fingerprint density at radius 3 is 3.06 bits per heavy atom. The summed E-state index contributed by atoms with van der Waals surface area (Å²) >= 11 is 1.20. The van der Waals surface area contributed by atoms with E-state index in [9.17, 15) is 9.59 Å². The maximum Gasteiger partial charge on any atom is 0.338 e. The van der Waals surface area contributed by atoms with Crippen LogP contribution in [0.3, 0.4) is 0 Å². The third-order valence-electron chi connectivity index (χ3n) is 2.64. The van der Waals surface area contributed by atoms with Gasteiger partial charge in [0, 0.05) is 13.1 Å². The predicted octanol–water partition coefficient (Wildman–Crippen LogP) is 1.70. The number of thiophene rings is 1. The number of carboxylic acid groups (broad SMARTS) is 1. The molecule has 0 aromatic carbocycles. The molecule has 1 fully saturated rings. The molecule has 2 heterocycles. The highest BCUT2D eigenvalue weighted by Gasteiger charge is 2.23. The number of hydrogen-bond donors (Lipinski definition) is 2. The highest BCUT2D eigenvalue weighted by molar-refractivity contribution is 7.14. The molecule has 0 aliphatic carbocycles. The molecule has 1 atom stereocenters. The number of amides is 2. The summed E-state index contributed by atoms with van der Waals surface area (Å²) in [7, 11) is 0. The molecule has 0 saturated carbocycles. The van der Waals surface area contributed by atoms with Crippen LogP contribution in [0.25, 0.3) is 0 Å². The topological polar surface area (TPSA) is 78.9 Å². The zero-order chi connectivity index (χ0) is 13.1. The van der Waals surface area contributed by atoms with Gasteiger partial charge in [0.1, 0.15) is 5.00 Å². The van der Waals surface area contributed by atoms with E-state index < -0.39 is 5.97 Å². The second kappa shape index (κ2) is 5.36. The average molecular weight is 270 g/mol. The van der Waals surface area contributed by atoms with Gasteiger partial charge in [0.15, 0.2) is 0 Å². The molecule has 0 spiro atoms. The lowest BCUT2D eigenvalue weighted by molar-refractivity contribution is -0.00138. The maximum atomic E-state index is 12.0. The Balaban J connectivity index is 2.02. The van der Waals surface area contributed by atoms with Gasteiger partial charge in [-0.15, -0.1) is 11.3 Å². The molecule has 2 rings (SSSR count). The Kier molecular flexibility index (Phi) is 3.83. The lowest BCUT2D eigenvalue weighted by Gasteiger charge is -2.31. The zero-order valence-electron chi connectivity index (χ0n) is 9.88. The van der Waals surface area contributed by atoms with Crippen LogP contribution < -0.4 is 5.32 Å². The molecule has 1 aliphatic rings. The van der Waals surface area contributed by atoms with Crippen LogP contribution in [0.5, 0.6) is 0 Å². The van der Waals surface area contributed by atoms with Crippen molar-refractivity contribution in [2.45, 2.75) is 13.0 Å². The Hall–Kier alpha value is -1.60. The Morgan fingerprint density at radius 1 is 1.61 bits per heavy atom. The van der Waals surface area contributed by atoms with E-state index in [2.05, 4.69) is 5.32 Å². The standard InChI is InChI=1S/C11H14N2O4S/c1-7-6-13(3-4-17-7)11(16)12-9-8(10(14)15)2-5-18-9/h2,5,7H,3-4,6H2,1H3,(H,12,16)(H,14,15). The number of anilines is 1. The van der Waals surface area contributed by atoms with E-state index in [4.69, 9.17) is 9.84 Å². The van der Waals surface area contributed by atoms with Gasteiger partial charge in [-0.05, 0) is 18.4 Å². The van der Waals surface area contributed by atoms with Crippen molar-refractivity contribution in [3.8, 4) is 0 Å². The minimum Gasteiger partial charge on any atom is -0.478 e. The number of hydrogen-bond acceptors (Lipinski definition) is 4. The van der Waals surface area contributed by atoms with E-state index in [1.54, 1.807) is 10.3 Å². The number of ether oxygens (including phenoxy) is 1. The lowest BCUT2D eigenvalue weighted by atomic mass is 10.3. The molecule has 1 saturated heterocycles. The van der Waals surface area contributed by atoms with Gasteiger partial charge in [0.05, 0.1) is 18.3 Å². The molecule has 1 aliphatic heterocycles. The monoisotopic (exact) mass is 270 g/mol. The van der Waals surface area contributed by atoms with E-state index in [0.717, 1.165) is 0 Å². The number of carboxylic acids is 1. The fraction of sp³-hybridized carbons (Fsp3) is 0.455. The first kappa shape index (κ1) is 12.8. The fourth-order valence-corrected chi connectivity index (χ4v) is 2.52. The second-order valence-electron chi connectivity index (χ2n) is 4.03. The van der Waals surface area contributed by atoms with Gasteiger partial charge in [0.25, 0.3) is 0 Å². The molecule has 6 nitrogen and oxygen atoms in total. The maximum absolute atomic E-state index is 12.0. The van der Waals surface area contributed by atoms with Crippen LogP contribution in [0.1, 0.15) is 17.3 Å². The van der Waals surface area contributed by atoms with Crippen molar-refractivity contribution in [2.75, 3.05) is 25.0 Å². The zero-order valence-corrected chi connectivity index (χ0v) is 10.7. The Labute approximate surface area is 108 Å². The SMILES string of the molecule is CC1CN(C(=O)Nc2sccc2C(=O)O)CCO1. The molecular weight excluding hydrogens is 256 g/mol. The van der Waals surface area contributed by atoms with Crippen molar-refractivity contribution in [1.82, 2.24) is 4.90 Å². The molecule has 2 N–H and O–H groups in total. The van der Waals surface area contributed by atoms with Crippen LogP contribution in [-0.2, 0) is 4.74 Å². The van der Waals surface area contributed by atoms with E-state index in [-0.39, 0.29) is 17.7 Å². The van der Waals surface area contributed by atoms with Crippen molar-refractivity contribution in [3.63, 3.8) is 0 Å². The molecule has 2 amide bonds. The first-order valence-corrected chi connectivity index (χ1v) is 6.44. The highest BCUT2D eigenvalue weighted by Crippen LogP contribution is 2.23. The molecule has 1 aromatic rings. The minimum atomic E-state index is -1.04. The summed E-state index contributed by atoms with van der Waals surface area (Å²) in [4.78, 5) is 24.5. The van der Waals surface area contributed by atoms with Crippen LogP contribution in [0.4, 0.5) is 9.80 Å². The molecule has 98 valence electrons. The molecule has 18 heavy (non-hydrogen) atoms. The molecule has 1 aromatic heterocycles. The molecule has 7 heteroatoms. The summed E-state index contributed by atoms with van der Waals surface area (Å²) in [5.41, 5.74) is 0.120. The van der Waals surface area contributed by atoms with Gasteiger partial charge in [-0.25, -0.2) is 9.59 Å². The number of carbonyl (C=O) groups is 2. The van der Waals surface area contributed by atoms with Crippen molar-refractivity contribution >= 4 is 28.3 Å². The first-order valence-electron chi connectivity index (χ1n) is 5.56. The van der Waals surface area contributed by atoms with Crippen LogP contribution in [0, 0.1) is 0 Å². The second-order valence-corrected chi connectivity index (χ2v) is 4.94. The van der Waals surface area contributed by atoms with Crippen LogP contribution in [0.2, 0.25) is 0 Å². The number of morpholine rings is 1. The molecule has 0 bridgehead atoms. The summed E-state index contributed by atoms with van der Waals surface area (Å²) in [5.74, 6) is -1.04. The van der Waals surface area contributed by atoms with Crippen LogP contribution in [-0.4, -0.2) is 47.8 Å². The van der Waals surface area contributed by atoms with Crippen LogP contribution in [0.15, 0.2) is 11.4 Å². The number of aromatic carboxylic acids is 1. The largest absolute Gasteiger partial charge is 0.478 e. The number of urea groups is 1. The third-order valence-corrected chi connectivity index (χ3v) is 3.47. The van der Waals surface area contributed by atoms with Crippen molar-refractivity contribution in [1.29, 1.82) is 0 Å².